The van der Waals surface area contributed by atoms with Crippen LogP contribution in [-0.2, 0) is 11.3 Å². The molecule has 2 atom stereocenters. The molecule has 0 radical (unpaired) electrons. The number of aromatic nitrogens is 2. The summed E-state index contributed by atoms with van der Waals surface area (Å²) in [6, 6.07) is 7.54. The Labute approximate surface area is 110 Å². The molecule has 0 bridgehead atoms. The SMILES string of the molecule is NC1CCC(OCc2nc3ccccc3c(=O)[nH]2)C1. The van der Waals surface area contributed by atoms with Crippen molar-refractivity contribution in [2.24, 2.45) is 5.73 Å². The molecule has 1 aliphatic carbocycles. The Morgan fingerprint density at radius 2 is 2.21 bits per heavy atom. The molecule has 2 aromatic rings. The van der Waals surface area contributed by atoms with Gasteiger partial charge in [-0.1, -0.05) is 12.1 Å². The number of nitrogens with zero attached hydrogens (tertiary/aromatic N) is 1. The summed E-state index contributed by atoms with van der Waals surface area (Å²) in [6.45, 7) is 0.331. The number of ether oxygens (including phenoxy) is 1. The smallest absolute Gasteiger partial charge is 0.258 e. The van der Waals surface area contributed by atoms with Gasteiger partial charge in [0.25, 0.3) is 5.56 Å². The van der Waals surface area contributed by atoms with Gasteiger partial charge < -0.3 is 15.5 Å². The molecule has 2 unspecified atom stereocenters. The van der Waals surface area contributed by atoms with Crippen molar-refractivity contribution in [2.45, 2.75) is 38.0 Å². The van der Waals surface area contributed by atoms with Crippen molar-refractivity contribution in [3.63, 3.8) is 0 Å². The quantitative estimate of drug-likeness (QED) is 0.871. The standard InChI is InChI=1S/C14H17N3O2/c15-9-5-6-10(7-9)19-8-13-16-12-4-2-1-3-11(12)14(18)17-13/h1-4,9-10H,5-8,15H2,(H,16,17,18). The Morgan fingerprint density at radius 1 is 1.37 bits per heavy atom. The molecular formula is C14H17N3O2. The number of hydrogen-bond donors (Lipinski definition) is 2. The van der Waals surface area contributed by atoms with Gasteiger partial charge in [-0.25, -0.2) is 4.98 Å². The molecule has 1 aliphatic rings. The number of rotatable bonds is 3. The third kappa shape index (κ3) is 2.67. The number of H-pyrrole nitrogens is 1. The topological polar surface area (TPSA) is 81.0 Å². The molecular weight excluding hydrogens is 242 g/mol. The van der Waals surface area contributed by atoms with E-state index in [-0.39, 0.29) is 17.7 Å². The monoisotopic (exact) mass is 259 g/mol. The number of aromatic amines is 1. The molecule has 0 saturated heterocycles. The van der Waals surface area contributed by atoms with Gasteiger partial charge in [0, 0.05) is 6.04 Å². The minimum atomic E-state index is -0.118. The number of nitrogens with two attached hydrogens (primary N) is 1. The molecule has 5 nitrogen and oxygen atoms in total. The highest BCUT2D eigenvalue weighted by molar-refractivity contribution is 5.77. The van der Waals surface area contributed by atoms with Crippen molar-refractivity contribution < 1.29 is 4.74 Å². The molecule has 19 heavy (non-hydrogen) atoms. The normalized spacial score (nSPS) is 23.0. The fourth-order valence-electron chi connectivity index (χ4n) is 2.52. The van der Waals surface area contributed by atoms with Gasteiger partial charge in [0.15, 0.2) is 0 Å². The Morgan fingerprint density at radius 3 is 3.00 bits per heavy atom. The highest BCUT2D eigenvalue weighted by Gasteiger charge is 2.22. The van der Waals surface area contributed by atoms with Crippen molar-refractivity contribution in [3.8, 4) is 0 Å². The van der Waals surface area contributed by atoms with E-state index >= 15 is 0 Å². The van der Waals surface area contributed by atoms with E-state index in [9.17, 15) is 4.79 Å². The Balaban J connectivity index is 1.76. The van der Waals surface area contributed by atoms with Crippen molar-refractivity contribution in [2.75, 3.05) is 0 Å². The summed E-state index contributed by atoms with van der Waals surface area (Å²) in [5.74, 6) is 0.573. The third-order valence-corrected chi connectivity index (χ3v) is 3.54. The van der Waals surface area contributed by atoms with E-state index in [1.807, 2.05) is 18.2 Å². The van der Waals surface area contributed by atoms with Crippen LogP contribution in [0.5, 0.6) is 0 Å². The van der Waals surface area contributed by atoms with E-state index in [2.05, 4.69) is 9.97 Å². The summed E-state index contributed by atoms with van der Waals surface area (Å²) in [5, 5.41) is 0.606. The van der Waals surface area contributed by atoms with Gasteiger partial charge in [-0.15, -0.1) is 0 Å². The molecule has 1 aromatic carbocycles. The van der Waals surface area contributed by atoms with E-state index in [0.717, 1.165) is 19.3 Å². The van der Waals surface area contributed by atoms with E-state index < -0.39 is 0 Å². The van der Waals surface area contributed by atoms with Gasteiger partial charge >= 0.3 is 0 Å². The highest BCUT2D eigenvalue weighted by Crippen LogP contribution is 2.21. The van der Waals surface area contributed by atoms with Crippen LogP contribution in [-0.4, -0.2) is 22.1 Å². The number of hydrogen-bond acceptors (Lipinski definition) is 4. The second-order valence-electron chi connectivity index (χ2n) is 5.04. The predicted molar refractivity (Wildman–Crippen MR) is 72.8 cm³/mol. The molecule has 1 heterocycles. The van der Waals surface area contributed by atoms with Crippen molar-refractivity contribution in [1.29, 1.82) is 0 Å². The van der Waals surface area contributed by atoms with Crippen LogP contribution in [0.1, 0.15) is 25.1 Å². The average molecular weight is 259 g/mol. The number of para-hydroxylation sites is 1. The molecule has 0 spiro atoms. The zero-order valence-corrected chi connectivity index (χ0v) is 10.6. The Kier molecular flexibility index (Phi) is 3.31. The molecule has 0 aliphatic heterocycles. The van der Waals surface area contributed by atoms with E-state index in [1.165, 1.54) is 0 Å². The minimum absolute atomic E-state index is 0.118. The minimum Gasteiger partial charge on any atom is -0.370 e. The predicted octanol–water partition coefficient (Wildman–Crippen LogP) is 1.32. The maximum atomic E-state index is 11.9. The van der Waals surface area contributed by atoms with Gasteiger partial charge in [-0.2, -0.15) is 0 Å². The van der Waals surface area contributed by atoms with Gasteiger partial charge in [0.05, 0.1) is 17.0 Å². The van der Waals surface area contributed by atoms with Crippen LogP contribution in [0.4, 0.5) is 0 Å². The highest BCUT2D eigenvalue weighted by atomic mass is 16.5. The first-order valence-electron chi connectivity index (χ1n) is 6.57. The van der Waals surface area contributed by atoms with Gasteiger partial charge in [0.1, 0.15) is 12.4 Å². The number of nitrogens with one attached hydrogen (secondary N) is 1. The van der Waals surface area contributed by atoms with Gasteiger partial charge in [0.2, 0.25) is 0 Å². The lowest BCUT2D eigenvalue weighted by atomic mass is 10.2. The van der Waals surface area contributed by atoms with Crippen LogP contribution >= 0.6 is 0 Å². The molecule has 1 saturated carbocycles. The first-order valence-corrected chi connectivity index (χ1v) is 6.57. The average Bonchev–Trinajstić information content (AvgIpc) is 2.82. The Bertz CT molecular complexity index is 638. The second-order valence-corrected chi connectivity index (χ2v) is 5.04. The van der Waals surface area contributed by atoms with Crippen LogP contribution in [0.25, 0.3) is 10.9 Å². The first kappa shape index (κ1) is 12.3. The van der Waals surface area contributed by atoms with E-state index in [1.54, 1.807) is 6.07 Å². The number of fused-ring (bicyclic) bond motifs is 1. The molecule has 1 aromatic heterocycles. The van der Waals surface area contributed by atoms with Crippen LogP contribution < -0.4 is 11.3 Å². The van der Waals surface area contributed by atoms with Crippen LogP contribution in [0.3, 0.4) is 0 Å². The van der Waals surface area contributed by atoms with Crippen molar-refractivity contribution >= 4 is 10.9 Å². The summed E-state index contributed by atoms with van der Waals surface area (Å²) < 4.78 is 5.75. The Hall–Kier alpha value is -1.72. The van der Waals surface area contributed by atoms with E-state index in [0.29, 0.717) is 23.3 Å². The van der Waals surface area contributed by atoms with Gasteiger partial charge in [-0.3, -0.25) is 4.79 Å². The summed E-state index contributed by atoms with van der Waals surface area (Å²) in [7, 11) is 0. The van der Waals surface area contributed by atoms with Crippen molar-refractivity contribution in [1.82, 2.24) is 9.97 Å². The van der Waals surface area contributed by atoms with Crippen LogP contribution in [0.2, 0.25) is 0 Å². The molecule has 3 N–H and O–H groups in total. The number of benzene rings is 1. The zero-order chi connectivity index (χ0) is 13.2. The first-order chi connectivity index (χ1) is 9.22. The van der Waals surface area contributed by atoms with Crippen LogP contribution in [0, 0.1) is 0 Å². The molecule has 1 fully saturated rings. The fourth-order valence-corrected chi connectivity index (χ4v) is 2.52. The third-order valence-electron chi connectivity index (χ3n) is 3.54. The summed E-state index contributed by atoms with van der Waals surface area (Å²) in [5.41, 5.74) is 6.42. The van der Waals surface area contributed by atoms with Crippen molar-refractivity contribution in [3.05, 3.63) is 40.4 Å². The van der Waals surface area contributed by atoms with E-state index in [4.69, 9.17) is 10.5 Å². The fraction of sp³-hybridized carbons (Fsp3) is 0.429. The molecule has 3 rings (SSSR count). The molecule has 100 valence electrons. The van der Waals surface area contributed by atoms with Gasteiger partial charge in [-0.05, 0) is 31.4 Å². The largest absolute Gasteiger partial charge is 0.370 e. The summed E-state index contributed by atoms with van der Waals surface area (Å²) in [4.78, 5) is 19.0. The maximum absolute atomic E-state index is 11.9. The maximum Gasteiger partial charge on any atom is 0.258 e. The lowest BCUT2D eigenvalue weighted by Crippen LogP contribution is -2.18. The summed E-state index contributed by atoms with van der Waals surface area (Å²) in [6.07, 6.45) is 3.06. The lowest BCUT2D eigenvalue weighted by molar-refractivity contribution is 0.0409. The summed E-state index contributed by atoms with van der Waals surface area (Å²) >= 11 is 0. The van der Waals surface area contributed by atoms with Crippen LogP contribution in [0.15, 0.2) is 29.1 Å². The zero-order valence-electron chi connectivity index (χ0n) is 10.6. The lowest BCUT2D eigenvalue weighted by Gasteiger charge is -2.11. The molecule has 0 amide bonds. The second kappa shape index (κ2) is 5.11. The molecule has 5 heteroatoms.